The number of hydrogen-bond donors (Lipinski definition) is 0. The van der Waals surface area contributed by atoms with Crippen LogP contribution in [0.2, 0.25) is 0 Å². The molecule has 0 radical (unpaired) electrons. The Bertz CT molecular complexity index is 517. The molecule has 0 amide bonds. The molecule has 0 N–H and O–H groups in total. The van der Waals surface area contributed by atoms with Gasteiger partial charge < -0.3 is 9.47 Å². The van der Waals surface area contributed by atoms with E-state index in [1.54, 1.807) is 6.07 Å². The number of ether oxygens (including phenoxy) is 2. The molecular weight excluding hydrogens is 251 g/mol. The molecule has 0 aliphatic rings. The van der Waals surface area contributed by atoms with Crippen molar-refractivity contribution >= 4 is 5.97 Å². The number of methoxy groups -OCH3 is 1. The monoisotopic (exact) mass is 259 g/mol. The Morgan fingerprint density at radius 1 is 1.39 bits per heavy atom. The van der Waals surface area contributed by atoms with Gasteiger partial charge in [-0.05, 0) is 18.6 Å². The average Bonchev–Trinajstić information content (AvgIpc) is 2.28. The summed E-state index contributed by atoms with van der Waals surface area (Å²) in [6.45, 7) is 1.49. The van der Waals surface area contributed by atoms with Crippen molar-refractivity contribution in [2.45, 2.75) is 13.3 Å². The fourth-order valence-corrected chi connectivity index (χ4v) is 1.35. The molecule has 1 aromatic rings. The van der Waals surface area contributed by atoms with Crippen LogP contribution in [0.1, 0.15) is 21.5 Å². The number of hydrogen-bond acceptors (Lipinski definition) is 4. The van der Waals surface area contributed by atoms with Gasteiger partial charge in [-0.25, -0.2) is 4.79 Å². The molecule has 7 heteroatoms. The first-order valence-corrected chi connectivity index (χ1v) is 4.68. The van der Waals surface area contributed by atoms with Crippen molar-refractivity contribution in [3.05, 3.63) is 28.8 Å². The number of nitrogens with zero attached hydrogens (tertiary/aromatic N) is 1. The highest BCUT2D eigenvalue weighted by Crippen LogP contribution is 2.30. The number of esters is 1. The minimum atomic E-state index is -4.95. The predicted octanol–water partition coefficient (Wildman–Crippen LogP) is 2.55. The van der Waals surface area contributed by atoms with Crippen LogP contribution in [-0.2, 0) is 4.74 Å². The van der Waals surface area contributed by atoms with E-state index in [1.807, 2.05) is 0 Å². The van der Waals surface area contributed by atoms with E-state index in [-0.39, 0.29) is 5.56 Å². The Kier molecular flexibility index (Phi) is 3.81. The first-order chi connectivity index (χ1) is 8.30. The topological polar surface area (TPSA) is 59.3 Å². The Morgan fingerprint density at radius 3 is 2.44 bits per heavy atom. The third-order valence-corrected chi connectivity index (χ3v) is 2.10. The van der Waals surface area contributed by atoms with Crippen LogP contribution in [0.15, 0.2) is 12.1 Å². The third-order valence-electron chi connectivity index (χ3n) is 2.10. The maximum atomic E-state index is 12.2. The van der Waals surface area contributed by atoms with Gasteiger partial charge >= 0.3 is 12.3 Å². The number of carbonyl (C=O) groups is 1. The second kappa shape index (κ2) is 4.96. The smallest absolute Gasteiger partial charge is 0.465 e. The number of nitriles is 1. The molecule has 0 aromatic heterocycles. The predicted molar refractivity (Wildman–Crippen MR) is 53.9 cm³/mol. The number of aryl methyl sites for hydroxylation is 1. The lowest BCUT2D eigenvalue weighted by Gasteiger charge is -2.14. The van der Waals surface area contributed by atoms with E-state index >= 15 is 0 Å². The van der Waals surface area contributed by atoms with Gasteiger partial charge in [0.2, 0.25) is 0 Å². The lowest BCUT2D eigenvalue weighted by atomic mass is 10.0. The Labute approximate surface area is 101 Å². The highest BCUT2D eigenvalue weighted by molar-refractivity contribution is 5.95. The van der Waals surface area contributed by atoms with Crippen LogP contribution < -0.4 is 4.74 Å². The van der Waals surface area contributed by atoms with Gasteiger partial charge in [-0.3, -0.25) is 0 Å². The zero-order valence-corrected chi connectivity index (χ0v) is 9.46. The molecule has 1 aromatic carbocycles. The van der Waals surface area contributed by atoms with Gasteiger partial charge in [0.25, 0.3) is 0 Å². The van der Waals surface area contributed by atoms with Gasteiger partial charge in [-0.1, -0.05) is 6.07 Å². The van der Waals surface area contributed by atoms with E-state index in [4.69, 9.17) is 5.26 Å². The van der Waals surface area contributed by atoms with Gasteiger partial charge in [0.15, 0.2) is 0 Å². The molecule has 18 heavy (non-hydrogen) atoms. The van der Waals surface area contributed by atoms with Crippen LogP contribution in [-0.4, -0.2) is 19.4 Å². The molecule has 0 unspecified atom stereocenters. The van der Waals surface area contributed by atoms with Crippen LogP contribution >= 0.6 is 0 Å². The van der Waals surface area contributed by atoms with Crippen molar-refractivity contribution in [2.75, 3.05) is 7.11 Å². The van der Waals surface area contributed by atoms with Crippen LogP contribution in [0.5, 0.6) is 5.75 Å². The van der Waals surface area contributed by atoms with Gasteiger partial charge in [0, 0.05) is 0 Å². The van der Waals surface area contributed by atoms with Gasteiger partial charge in [0.1, 0.15) is 17.4 Å². The number of halogens is 3. The molecule has 0 atom stereocenters. The van der Waals surface area contributed by atoms with E-state index < -0.39 is 23.6 Å². The van der Waals surface area contributed by atoms with Gasteiger partial charge in [0.05, 0.1) is 12.7 Å². The summed E-state index contributed by atoms with van der Waals surface area (Å²) in [5.74, 6) is -1.81. The molecule has 0 heterocycles. The summed E-state index contributed by atoms with van der Waals surface area (Å²) < 4.78 is 44.6. The first-order valence-electron chi connectivity index (χ1n) is 4.68. The SMILES string of the molecule is COC(=O)c1c(OC(F)(F)F)ccc(C)c1C#N. The molecule has 0 fully saturated rings. The Balaban J connectivity index is 3.44. The molecule has 0 aliphatic carbocycles. The summed E-state index contributed by atoms with van der Waals surface area (Å²) in [7, 11) is 1.00. The van der Waals surface area contributed by atoms with Crippen molar-refractivity contribution in [1.82, 2.24) is 0 Å². The normalized spacial score (nSPS) is 10.7. The third kappa shape index (κ3) is 2.91. The van der Waals surface area contributed by atoms with E-state index in [1.165, 1.54) is 13.0 Å². The van der Waals surface area contributed by atoms with Crippen molar-refractivity contribution < 1.29 is 27.4 Å². The quantitative estimate of drug-likeness (QED) is 0.766. The minimum Gasteiger partial charge on any atom is -0.465 e. The number of rotatable bonds is 2. The summed E-state index contributed by atoms with van der Waals surface area (Å²) in [6.07, 6.45) is -4.95. The molecular formula is C11H8F3NO3. The van der Waals surface area contributed by atoms with Crippen LogP contribution in [0.25, 0.3) is 0 Å². The summed E-state index contributed by atoms with van der Waals surface area (Å²) in [5.41, 5.74) is -0.381. The van der Waals surface area contributed by atoms with E-state index in [9.17, 15) is 18.0 Å². The zero-order valence-electron chi connectivity index (χ0n) is 9.46. The number of alkyl halides is 3. The van der Waals surface area contributed by atoms with Crippen LogP contribution in [0.4, 0.5) is 13.2 Å². The van der Waals surface area contributed by atoms with Crippen molar-refractivity contribution in [3.63, 3.8) is 0 Å². The fourth-order valence-electron chi connectivity index (χ4n) is 1.35. The molecule has 0 saturated heterocycles. The lowest BCUT2D eigenvalue weighted by Crippen LogP contribution is -2.20. The fraction of sp³-hybridized carbons (Fsp3) is 0.273. The maximum Gasteiger partial charge on any atom is 0.573 e. The summed E-state index contributed by atoms with van der Waals surface area (Å²) in [5, 5.41) is 8.87. The minimum absolute atomic E-state index is 0.205. The Hall–Kier alpha value is -2.23. The number of carbonyl (C=O) groups excluding carboxylic acids is 1. The van der Waals surface area contributed by atoms with Gasteiger partial charge in [-0.2, -0.15) is 5.26 Å². The van der Waals surface area contributed by atoms with Crippen molar-refractivity contribution in [3.8, 4) is 11.8 Å². The van der Waals surface area contributed by atoms with E-state index in [0.29, 0.717) is 5.56 Å². The average molecular weight is 259 g/mol. The maximum absolute atomic E-state index is 12.2. The van der Waals surface area contributed by atoms with E-state index in [2.05, 4.69) is 9.47 Å². The number of benzene rings is 1. The van der Waals surface area contributed by atoms with Crippen LogP contribution in [0, 0.1) is 18.3 Å². The highest BCUT2D eigenvalue weighted by Gasteiger charge is 2.34. The Morgan fingerprint density at radius 2 is 2.00 bits per heavy atom. The standard InChI is InChI=1S/C11H8F3NO3/c1-6-3-4-8(18-11(12,13)14)9(7(6)5-15)10(16)17-2/h3-4H,1-2H3. The second-order valence-electron chi connectivity index (χ2n) is 3.28. The largest absolute Gasteiger partial charge is 0.573 e. The first kappa shape index (κ1) is 13.8. The zero-order chi connectivity index (χ0) is 13.9. The molecule has 0 spiro atoms. The molecule has 0 saturated carbocycles. The molecule has 4 nitrogen and oxygen atoms in total. The molecule has 0 bridgehead atoms. The lowest BCUT2D eigenvalue weighted by molar-refractivity contribution is -0.274. The second-order valence-corrected chi connectivity index (χ2v) is 3.28. The summed E-state index contributed by atoms with van der Waals surface area (Å²) in [4.78, 5) is 11.4. The van der Waals surface area contributed by atoms with E-state index in [0.717, 1.165) is 13.2 Å². The van der Waals surface area contributed by atoms with Crippen molar-refractivity contribution in [1.29, 1.82) is 5.26 Å². The summed E-state index contributed by atoms with van der Waals surface area (Å²) in [6, 6.07) is 3.88. The van der Waals surface area contributed by atoms with Crippen molar-refractivity contribution in [2.24, 2.45) is 0 Å². The molecule has 0 aliphatic heterocycles. The molecule has 96 valence electrons. The highest BCUT2D eigenvalue weighted by atomic mass is 19.4. The summed E-state index contributed by atoms with van der Waals surface area (Å²) >= 11 is 0. The molecule has 1 rings (SSSR count). The van der Waals surface area contributed by atoms with Gasteiger partial charge in [-0.15, -0.1) is 13.2 Å². The van der Waals surface area contributed by atoms with Crippen LogP contribution in [0.3, 0.4) is 0 Å².